The van der Waals surface area contributed by atoms with Crippen molar-refractivity contribution in [3.05, 3.63) is 24.0 Å². The molecule has 1 aliphatic carbocycles. The van der Waals surface area contributed by atoms with Gasteiger partial charge in [-0.05, 0) is 37.9 Å². The maximum Gasteiger partial charge on any atom is 0.0877 e. The first kappa shape index (κ1) is 14.8. The lowest BCUT2D eigenvalue weighted by molar-refractivity contribution is 0.0192. The van der Waals surface area contributed by atoms with Crippen molar-refractivity contribution in [1.29, 1.82) is 0 Å². The van der Waals surface area contributed by atoms with Crippen LogP contribution in [-0.4, -0.2) is 55.3 Å². The zero-order chi connectivity index (χ0) is 14.8. The van der Waals surface area contributed by atoms with Crippen molar-refractivity contribution in [1.82, 2.24) is 9.88 Å². The number of aromatic nitrogens is 1. The number of hydrogen-bond acceptors (Lipinski definition) is 4. The van der Waals surface area contributed by atoms with Crippen LogP contribution in [-0.2, 0) is 4.74 Å². The summed E-state index contributed by atoms with van der Waals surface area (Å²) in [7, 11) is 2.22. The summed E-state index contributed by atoms with van der Waals surface area (Å²) in [5, 5.41) is 0. The van der Waals surface area contributed by atoms with Gasteiger partial charge in [-0.15, -0.1) is 0 Å². The fourth-order valence-corrected chi connectivity index (χ4v) is 2.98. The van der Waals surface area contributed by atoms with Gasteiger partial charge in [0.1, 0.15) is 0 Å². The van der Waals surface area contributed by atoms with Crippen molar-refractivity contribution in [3.8, 4) is 0 Å². The minimum absolute atomic E-state index is 0.314. The molecule has 0 radical (unpaired) electrons. The number of pyridine rings is 1. The van der Waals surface area contributed by atoms with Crippen LogP contribution in [0, 0.1) is 0 Å². The van der Waals surface area contributed by atoms with E-state index in [4.69, 9.17) is 4.74 Å². The van der Waals surface area contributed by atoms with Crippen molar-refractivity contribution in [2.75, 3.05) is 38.2 Å². The third-order valence-corrected chi connectivity index (χ3v) is 4.53. The summed E-state index contributed by atoms with van der Waals surface area (Å²) in [6.45, 7) is 8.15. The average Bonchev–Trinajstić information content (AvgIpc) is 3.32. The highest BCUT2D eigenvalue weighted by Crippen LogP contribution is 2.26. The lowest BCUT2D eigenvalue weighted by atomic mass is 10.1. The number of rotatable bonds is 5. The van der Waals surface area contributed by atoms with Gasteiger partial charge in [-0.25, -0.2) is 0 Å². The monoisotopic (exact) mass is 289 g/mol. The molecule has 21 heavy (non-hydrogen) atoms. The normalized spacial score (nSPS) is 23.1. The summed E-state index contributed by atoms with van der Waals surface area (Å²) in [4.78, 5) is 9.45. The summed E-state index contributed by atoms with van der Waals surface area (Å²) >= 11 is 0. The van der Waals surface area contributed by atoms with E-state index in [9.17, 15) is 0 Å². The summed E-state index contributed by atoms with van der Waals surface area (Å²) < 4.78 is 5.94. The molecule has 4 heteroatoms. The van der Waals surface area contributed by atoms with Crippen molar-refractivity contribution in [3.63, 3.8) is 0 Å². The average molecular weight is 289 g/mol. The Morgan fingerprint density at radius 2 is 2.19 bits per heavy atom. The van der Waals surface area contributed by atoms with Crippen LogP contribution in [0.3, 0.4) is 0 Å². The maximum absolute atomic E-state index is 5.94. The second-order valence-electron chi connectivity index (χ2n) is 6.71. The highest BCUT2D eigenvalue weighted by molar-refractivity contribution is 5.45. The van der Waals surface area contributed by atoms with Gasteiger partial charge in [0.15, 0.2) is 0 Å². The van der Waals surface area contributed by atoms with Gasteiger partial charge in [0, 0.05) is 31.4 Å². The van der Waals surface area contributed by atoms with Crippen LogP contribution in [0.4, 0.5) is 5.69 Å². The van der Waals surface area contributed by atoms with E-state index in [1.54, 1.807) is 0 Å². The SMILES string of the molecule is CC(C)c1ccc(N2CCO[C@H](CN(C)C3CC3)C2)cn1. The van der Waals surface area contributed by atoms with Crippen molar-refractivity contribution in [2.24, 2.45) is 0 Å². The molecule has 116 valence electrons. The highest BCUT2D eigenvalue weighted by atomic mass is 16.5. The predicted octanol–water partition coefficient (Wildman–Crippen LogP) is 2.50. The number of anilines is 1. The van der Waals surface area contributed by atoms with Crippen molar-refractivity contribution in [2.45, 2.75) is 44.8 Å². The van der Waals surface area contributed by atoms with Gasteiger partial charge in [0.2, 0.25) is 0 Å². The largest absolute Gasteiger partial charge is 0.373 e. The van der Waals surface area contributed by atoms with Crippen molar-refractivity contribution >= 4 is 5.69 Å². The number of likely N-dealkylation sites (N-methyl/N-ethyl adjacent to an activating group) is 1. The molecule has 0 amide bonds. The van der Waals surface area contributed by atoms with E-state index in [0.29, 0.717) is 12.0 Å². The summed E-state index contributed by atoms with van der Waals surface area (Å²) in [6.07, 6.45) is 5.04. The molecular weight excluding hydrogens is 262 g/mol. The van der Waals surface area contributed by atoms with Gasteiger partial charge in [-0.2, -0.15) is 0 Å². The topological polar surface area (TPSA) is 28.6 Å². The Kier molecular flexibility index (Phi) is 4.45. The molecule has 2 aliphatic rings. The third kappa shape index (κ3) is 3.74. The molecule has 1 saturated carbocycles. The quantitative estimate of drug-likeness (QED) is 0.833. The summed E-state index contributed by atoms with van der Waals surface area (Å²) in [6, 6.07) is 5.16. The standard InChI is InChI=1S/C17H27N3O/c1-13(2)17-7-6-15(10-18-17)20-8-9-21-16(12-20)11-19(3)14-4-5-14/h6-7,10,13-14,16H,4-5,8-9,11-12H2,1-3H3/t16-/m1/s1. The minimum atomic E-state index is 0.314. The van der Waals surface area contributed by atoms with E-state index < -0.39 is 0 Å². The van der Waals surface area contributed by atoms with Gasteiger partial charge in [-0.1, -0.05) is 13.8 Å². The highest BCUT2D eigenvalue weighted by Gasteiger charge is 2.29. The summed E-state index contributed by atoms with van der Waals surface area (Å²) in [5.41, 5.74) is 2.39. The Hall–Kier alpha value is -1.13. The molecule has 0 aromatic carbocycles. The third-order valence-electron chi connectivity index (χ3n) is 4.53. The molecule has 1 aliphatic heterocycles. The van der Waals surface area contributed by atoms with E-state index in [1.807, 2.05) is 6.20 Å². The van der Waals surface area contributed by atoms with Gasteiger partial charge in [-0.3, -0.25) is 4.98 Å². The lowest BCUT2D eigenvalue weighted by Gasteiger charge is -2.36. The molecule has 3 rings (SSSR count). The Morgan fingerprint density at radius 3 is 2.81 bits per heavy atom. The molecule has 1 saturated heterocycles. The Bertz CT molecular complexity index is 456. The number of hydrogen-bond donors (Lipinski definition) is 0. The number of nitrogens with zero attached hydrogens (tertiary/aromatic N) is 3. The Labute approximate surface area is 128 Å². The fraction of sp³-hybridized carbons (Fsp3) is 0.706. The maximum atomic E-state index is 5.94. The first-order valence-electron chi connectivity index (χ1n) is 8.16. The fourth-order valence-electron chi connectivity index (χ4n) is 2.98. The molecular formula is C17H27N3O. The van der Waals surface area contributed by atoms with Crippen molar-refractivity contribution < 1.29 is 4.74 Å². The van der Waals surface area contributed by atoms with Crippen LogP contribution in [0.1, 0.15) is 38.3 Å². The number of ether oxygens (including phenoxy) is 1. The lowest BCUT2D eigenvalue weighted by Crippen LogP contribution is -2.47. The second-order valence-corrected chi connectivity index (χ2v) is 6.71. The molecule has 0 spiro atoms. The van der Waals surface area contributed by atoms with Crippen LogP contribution in [0.25, 0.3) is 0 Å². The number of morpholine rings is 1. The zero-order valence-electron chi connectivity index (χ0n) is 13.5. The van der Waals surface area contributed by atoms with Crippen LogP contribution in [0.5, 0.6) is 0 Å². The van der Waals surface area contributed by atoms with E-state index in [2.05, 4.69) is 47.8 Å². The summed E-state index contributed by atoms with van der Waals surface area (Å²) in [5.74, 6) is 0.490. The van der Waals surface area contributed by atoms with Crippen LogP contribution < -0.4 is 4.90 Å². The van der Waals surface area contributed by atoms with E-state index in [-0.39, 0.29) is 0 Å². The zero-order valence-corrected chi connectivity index (χ0v) is 13.5. The smallest absolute Gasteiger partial charge is 0.0877 e. The van der Waals surface area contributed by atoms with E-state index in [0.717, 1.165) is 38.0 Å². The van der Waals surface area contributed by atoms with Crippen LogP contribution in [0.15, 0.2) is 18.3 Å². The Balaban J connectivity index is 1.59. The van der Waals surface area contributed by atoms with Crippen LogP contribution >= 0.6 is 0 Å². The molecule has 0 N–H and O–H groups in total. The predicted molar refractivity (Wildman–Crippen MR) is 85.9 cm³/mol. The van der Waals surface area contributed by atoms with Gasteiger partial charge in [0.05, 0.1) is 24.6 Å². The Morgan fingerprint density at radius 1 is 1.38 bits per heavy atom. The molecule has 1 atom stereocenters. The van der Waals surface area contributed by atoms with Gasteiger partial charge >= 0.3 is 0 Å². The molecule has 1 aromatic heterocycles. The van der Waals surface area contributed by atoms with Crippen LogP contribution in [0.2, 0.25) is 0 Å². The second kappa shape index (κ2) is 6.32. The molecule has 2 fully saturated rings. The molecule has 2 heterocycles. The van der Waals surface area contributed by atoms with Gasteiger partial charge < -0.3 is 14.5 Å². The first-order chi connectivity index (χ1) is 10.1. The van der Waals surface area contributed by atoms with E-state index in [1.165, 1.54) is 18.5 Å². The molecule has 0 bridgehead atoms. The molecule has 0 unspecified atom stereocenters. The minimum Gasteiger partial charge on any atom is -0.373 e. The molecule has 1 aromatic rings. The van der Waals surface area contributed by atoms with Gasteiger partial charge in [0.25, 0.3) is 0 Å². The van der Waals surface area contributed by atoms with E-state index >= 15 is 0 Å². The first-order valence-corrected chi connectivity index (χ1v) is 8.16. The molecule has 4 nitrogen and oxygen atoms in total.